The van der Waals surface area contributed by atoms with Crippen LogP contribution in [0.1, 0.15) is 64.2 Å². The minimum Gasteiger partial charge on any atom is -0.352 e. The third kappa shape index (κ3) is 7.33. The van der Waals surface area contributed by atoms with Gasteiger partial charge >= 0.3 is 8.60 Å². The molecule has 1 rings (SSSR count). The average molecular weight is 386 g/mol. The first-order valence-corrected chi connectivity index (χ1v) is 9.77. The molecule has 1 aromatic rings. The summed E-state index contributed by atoms with van der Waals surface area (Å²) in [7, 11) is -2.15. The highest BCUT2D eigenvalue weighted by Crippen LogP contribution is 2.42. The molecule has 8 nitrogen and oxygen atoms in total. The van der Waals surface area contributed by atoms with Crippen LogP contribution in [-0.2, 0) is 20.4 Å². The number of nitrogens with one attached hydrogen (secondary N) is 1. The number of nitro benzene ring substituents is 1. The molecule has 146 valence electrons. The zero-order chi connectivity index (χ0) is 19.7. The minimum absolute atomic E-state index is 0.0717. The average Bonchev–Trinajstić information content (AvgIpc) is 2.59. The van der Waals surface area contributed by atoms with Crippen molar-refractivity contribution >= 4 is 20.2 Å². The van der Waals surface area contributed by atoms with Crippen LogP contribution in [0.4, 0.5) is 5.69 Å². The largest absolute Gasteiger partial charge is 0.352 e. The Morgan fingerprint density at radius 1 is 1.35 bits per heavy atom. The van der Waals surface area contributed by atoms with E-state index in [0.29, 0.717) is 18.4 Å². The van der Waals surface area contributed by atoms with Gasteiger partial charge in [-0.05, 0) is 38.3 Å². The molecule has 0 aliphatic heterocycles. The molecule has 0 spiro atoms. The summed E-state index contributed by atoms with van der Waals surface area (Å²) in [6.07, 6.45) is 0.985. The molecule has 0 heterocycles. The maximum atomic E-state index is 11.6. The van der Waals surface area contributed by atoms with Gasteiger partial charge in [0.1, 0.15) is 0 Å². The minimum atomic E-state index is -2.15. The van der Waals surface area contributed by atoms with E-state index in [2.05, 4.69) is 5.32 Å². The van der Waals surface area contributed by atoms with E-state index in [1.165, 1.54) is 6.07 Å². The van der Waals surface area contributed by atoms with Gasteiger partial charge in [0.25, 0.3) is 5.69 Å². The lowest BCUT2D eigenvalue weighted by Crippen LogP contribution is -2.22. The molecule has 1 amide bonds. The lowest BCUT2D eigenvalue weighted by molar-refractivity contribution is -0.386. The van der Waals surface area contributed by atoms with Crippen molar-refractivity contribution in [1.29, 1.82) is 0 Å². The van der Waals surface area contributed by atoms with Crippen LogP contribution in [0.15, 0.2) is 18.2 Å². The van der Waals surface area contributed by atoms with Crippen molar-refractivity contribution in [2.75, 3.05) is 0 Å². The summed E-state index contributed by atoms with van der Waals surface area (Å²) in [4.78, 5) is 32.3. The zero-order valence-corrected chi connectivity index (χ0v) is 16.5. The van der Waals surface area contributed by atoms with Gasteiger partial charge in [-0.3, -0.25) is 14.9 Å². The molecule has 0 aromatic heterocycles. The number of nitrogens with zero attached hydrogens (tertiary/aromatic N) is 1. The molecule has 0 saturated heterocycles. The maximum absolute atomic E-state index is 11.6. The van der Waals surface area contributed by atoms with Crippen LogP contribution >= 0.6 is 8.60 Å². The number of benzene rings is 1. The van der Waals surface area contributed by atoms with E-state index in [1.807, 2.05) is 20.8 Å². The Balaban J connectivity index is 2.89. The van der Waals surface area contributed by atoms with Crippen LogP contribution < -0.4 is 5.32 Å². The van der Waals surface area contributed by atoms with Gasteiger partial charge in [-0.15, -0.1) is 0 Å². The van der Waals surface area contributed by atoms with Crippen LogP contribution in [-0.4, -0.2) is 21.8 Å². The van der Waals surface area contributed by atoms with Gasteiger partial charge in [-0.1, -0.05) is 19.9 Å². The molecule has 1 aromatic carbocycles. The fourth-order valence-corrected chi connectivity index (χ4v) is 3.06. The topological polar surface area (TPSA) is 111 Å². The number of carbonyl (C=O) groups is 1. The summed E-state index contributed by atoms with van der Waals surface area (Å²) in [5, 5.41) is 14.1. The highest BCUT2D eigenvalue weighted by molar-refractivity contribution is 7.40. The van der Waals surface area contributed by atoms with Crippen LogP contribution in [0.3, 0.4) is 0 Å². The number of hydrogen-bond acceptors (Lipinski definition) is 6. The first-order valence-electron chi connectivity index (χ1n) is 8.64. The van der Waals surface area contributed by atoms with Crippen molar-refractivity contribution in [1.82, 2.24) is 5.32 Å². The SMILES string of the molecule is CCCC(=O)NCc1ccc([N+](=O)[O-])c(C(C)OP(O)OC(C)CC)c1. The summed E-state index contributed by atoms with van der Waals surface area (Å²) in [6, 6.07) is 4.59. The molecular weight excluding hydrogens is 359 g/mol. The Morgan fingerprint density at radius 2 is 2.04 bits per heavy atom. The Bertz CT molecular complexity index is 613. The molecule has 0 aliphatic rings. The quantitative estimate of drug-likeness (QED) is 0.336. The predicted octanol–water partition coefficient (Wildman–Crippen LogP) is 4.12. The van der Waals surface area contributed by atoms with Gasteiger partial charge in [0, 0.05) is 19.0 Å². The van der Waals surface area contributed by atoms with Crippen LogP contribution in [0.2, 0.25) is 0 Å². The molecule has 26 heavy (non-hydrogen) atoms. The van der Waals surface area contributed by atoms with E-state index in [1.54, 1.807) is 19.1 Å². The van der Waals surface area contributed by atoms with Crippen molar-refractivity contribution < 1.29 is 23.7 Å². The normalized spacial score (nSPS) is 14.5. The zero-order valence-electron chi connectivity index (χ0n) is 15.6. The second-order valence-corrected chi connectivity index (χ2v) is 6.88. The molecule has 0 aliphatic carbocycles. The van der Waals surface area contributed by atoms with Gasteiger partial charge in [-0.25, -0.2) is 0 Å². The molecule has 3 unspecified atom stereocenters. The smallest absolute Gasteiger partial charge is 0.330 e. The number of amides is 1. The van der Waals surface area contributed by atoms with Gasteiger partial charge in [0.05, 0.1) is 22.7 Å². The van der Waals surface area contributed by atoms with Gasteiger partial charge in [-0.2, -0.15) is 0 Å². The summed E-state index contributed by atoms with van der Waals surface area (Å²) in [5.41, 5.74) is 0.940. The summed E-state index contributed by atoms with van der Waals surface area (Å²) in [6.45, 7) is 7.53. The van der Waals surface area contributed by atoms with Gasteiger partial charge in [0.15, 0.2) is 0 Å². The molecule has 0 bridgehead atoms. The van der Waals surface area contributed by atoms with Crippen molar-refractivity contribution in [2.45, 2.75) is 65.7 Å². The van der Waals surface area contributed by atoms with E-state index in [9.17, 15) is 19.8 Å². The maximum Gasteiger partial charge on any atom is 0.330 e. The van der Waals surface area contributed by atoms with Crippen molar-refractivity contribution in [3.8, 4) is 0 Å². The molecule has 9 heteroatoms. The van der Waals surface area contributed by atoms with Crippen molar-refractivity contribution in [3.05, 3.63) is 39.4 Å². The van der Waals surface area contributed by atoms with E-state index in [-0.39, 0.29) is 24.2 Å². The second-order valence-electron chi connectivity index (χ2n) is 5.99. The Kier molecular flexibility index (Phi) is 9.65. The summed E-state index contributed by atoms with van der Waals surface area (Å²) in [5.74, 6) is -0.0717. The van der Waals surface area contributed by atoms with Gasteiger partial charge in [0.2, 0.25) is 5.91 Å². The first kappa shape index (κ1) is 22.4. The van der Waals surface area contributed by atoms with Gasteiger partial charge < -0.3 is 19.3 Å². The number of rotatable bonds is 11. The van der Waals surface area contributed by atoms with E-state index >= 15 is 0 Å². The van der Waals surface area contributed by atoms with E-state index < -0.39 is 19.6 Å². The summed E-state index contributed by atoms with van der Waals surface area (Å²) >= 11 is 0. The second kappa shape index (κ2) is 11.2. The monoisotopic (exact) mass is 386 g/mol. The lowest BCUT2D eigenvalue weighted by Gasteiger charge is -2.20. The lowest BCUT2D eigenvalue weighted by atomic mass is 10.0. The molecule has 3 atom stereocenters. The number of hydrogen-bond donors (Lipinski definition) is 2. The van der Waals surface area contributed by atoms with Crippen LogP contribution in [0.25, 0.3) is 0 Å². The predicted molar refractivity (Wildman–Crippen MR) is 99.3 cm³/mol. The van der Waals surface area contributed by atoms with E-state index in [0.717, 1.165) is 12.0 Å². The third-order valence-electron chi connectivity index (χ3n) is 3.79. The van der Waals surface area contributed by atoms with Crippen molar-refractivity contribution in [2.24, 2.45) is 0 Å². The molecule has 0 fully saturated rings. The Labute approximate surface area is 155 Å². The van der Waals surface area contributed by atoms with Crippen molar-refractivity contribution in [3.63, 3.8) is 0 Å². The molecular formula is C17H27N2O6P. The highest BCUT2D eigenvalue weighted by atomic mass is 31.2. The molecule has 0 saturated carbocycles. The Morgan fingerprint density at radius 3 is 2.62 bits per heavy atom. The first-order chi connectivity index (χ1) is 12.3. The fourth-order valence-electron chi connectivity index (χ4n) is 2.17. The number of carbonyl (C=O) groups excluding carboxylic acids is 1. The van der Waals surface area contributed by atoms with Crippen LogP contribution in [0.5, 0.6) is 0 Å². The molecule has 2 N–H and O–H groups in total. The van der Waals surface area contributed by atoms with Crippen LogP contribution in [0, 0.1) is 10.1 Å². The number of nitro groups is 1. The molecule has 0 radical (unpaired) electrons. The summed E-state index contributed by atoms with van der Waals surface area (Å²) < 4.78 is 10.7. The fraction of sp³-hybridized carbons (Fsp3) is 0.588. The Hall–Kier alpha value is -1.60. The van der Waals surface area contributed by atoms with E-state index in [4.69, 9.17) is 9.05 Å². The standard InChI is InChI=1S/C17H27N2O6P/c1-5-7-17(20)18-11-14-8-9-16(19(21)22)15(10-14)13(4)25-26(23)24-12(3)6-2/h8-10,12-13,23H,5-7,11H2,1-4H3,(H,18,20). The highest BCUT2D eigenvalue weighted by Gasteiger charge is 2.24. The third-order valence-corrected chi connectivity index (χ3v) is 4.82.